The highest BCUT2D eigenvalue weighted by Crippen LogP contribution is 2.21. The standard InChI is InChI=1S/C11H19NO/c1-10(2)12-7-6-11(9-12)5-3-4-8-13/h3-4,8,10-11H,5-7,9H2,1-2H3/b4-3-. The SMILES string of the molecule is CC(C)N1CCC(C/C=C\C=O)C1. The second-order valence-corrected chi connectivity index (χ2v) is 4.04. The molecule has 1 aliphatic heterocycles. The van der Waals surface area contributed by atoms with Crippen LogP contribution in [-0.2, 0) is 4.79 Å². The highest BCUT2D eigenvalue weighted by atomic mass is 16.1. The first-order valence-electron chi connectivity index (χ1n) is 5.08. The molecule has 0 radical (unpaired) electrons. The first-order chi connectivity index (χ1) is 6.24. The van der Waals surface area contributed by atoms with Crippen molar-refractivity contribution in [1.29, 1.82) is 0 Å². The van der Waals surface area contributed by atoms with E-state index in [9.17, 15) is 4.79 Å². The summed E-state index contributed by atoms with van der Waals surface area (Å²) in [6.07, 6.45) is 6.79. The van der Waals surface area contributed by atoms with Crippen LogP contribution in [0.5, 0.6) is 0 Å². The molecule has 0 aromatic rings. The van der Waals surface area contributed by atoms with Crippen LogP contribution in [0.4, 0.5) is 0 Å². The van der Waals surface area contributed by atoms with E-state index >= 15 is 0 Å². The lowest BCUT2D eigenvalue weighted by molar-refractivity contribution is -0.104. The maximum atomic E-state index is 10.1. The van der Waals surface area contributed by atoms with E-state index in [1.807, 2.05) is 6.08 Å². The molecule has 1 unspecified atom stereocenters. The summed E-state index contributed by atoms with van der Waals surface area (Å²) in [4.78, 5) is 12.6. The normalized spacial score (nSPS) is 24.7. The van der Waals surface area contributed by atoms with Crippen molar-refractivity contribution in [2.75, 3.05) is 13.1 Å². The molecule has 1 heterocycles. The summed E-state index contributed by atoms with van der Waals surface area (Å²) in [7, 11) is 0. The molecule has 2 heteroatoms. The van der Waals surface area contributed by atoms with E-state index in [1.165, 1.54) is 19.5 Å². The number of likely N-dealkylation sites (tertiary alicyclic amines) is 1. The number of aldehydes is 1. The van der Waals surface area contributed by atoms with Gasteiger partial charge in [0.2, 0.25) is 0 Å². The molecule has 74 valence electrons. The Hall–Kier alpha value is -0.630. The maximum Gasteiger partial charge on any atom is 0.142 e. The van der Waals surface area contributed by atoms with E-state index in [2.05, 4.69) is 18.7 Å². The van der Waals surface area contributed by atoms with E-state index in [-0.39, 0.29) is 0 Å². The average molecular weight is 181 g/mol. The zero-order chi connectivity index (χ0) is 9.68. The fraction of sp³-hybridized carbons (Fsp3) is 0.727. The molecule has 0 saturated carbocycles. The second kappa shape index (κ2) is 5.18. The monoisotopic (exact) mass is 181 g/mol. The molecule has 0 bridgehead atoms. The lowest BCUT2D eigenvalue weighted by atomic mass is 10.1. The average Bonchev–Trinajstić information content (AvgIpc) is 2.53. The van der Waals surface area contributed by atoms with Crippen LogP contribution in [0.25, 0.3) is 0 Å². The third-order valence-electron chi connectivity index (χ3n) is 2.73. The van der Waals surface area contributed by atoms with Gasteiger partial charge < -0.3 is 4.90 Å². The number of hydrogen-bond donors (Lipinski definition) is 0. The van der Waals surface area contributed by atoms with Crippen molar-refractivity contribution in [3.63, 3.8) is 0 Å². The van der Waals surface area contributed by atoms with Crippen molar-refractivity contribution in [2.24, 2.45) is 5.92 Å². The van der Waals surface area contributed by atoms with Crippen molar-refractivity contribution in [2.45, 2.75) is 32.7 Å². The summed E-state index contributed by atoms with van der Waals surface area (Å²) in [5.74, 6) is 0.763. The molecule has 2 nitrogen and oxygen atoms in total. The van der Waals surface area contributed by atoms with Gasteiger partial charge in [0, 0.05) is 12.6 Å². The highest BCUT2D eigenvalue weighted by molar-refractivity contribution is 5.64. The van der Waals surface area contributed by atoms with Gasteiger partial charge in [-0.25, -0.2) is 0 Å². The molecule has 1 aliphatic rings. The number of nitrogens with zero attached hydrogens (tertiary/aromatic N) is 1. The molecule has 1 atom stereocenters. The first-order valence-corrected chi connectivity index (χ1v) is 5.08. The summed E-state index contributed by atoms with van der Waals surface area (Å²) < 4.78 is 0. The summed E-state index contributed by atoms with van der Waals surface area (Å²) in [6, 6.07) is 0.667. The predicted molar refractivity (Wildman–Crippen MR) is 54.6 cm³/mol. The lowest BCUT2D eigenvalue weighted by Crippen LogP contribution is -2.28. The zero-order valence-corrected chi connectivity index (χ0v) is 8.57. The van der Waals surface area contributed by atoms with Crippen molar-refractivity contribution in [3.8, 4) is 0 Å². The number of carbonyl (C=O) groups excluding carboxylic acids is 1. The van der Waals surface area contributed by atoms with Gasteiger partial charge >= 0.3 is 0 Å². The Balaban J connectivity index is 2.25. The third-order valence-corrected chi connectivity index (χ3v) is 2.73. The fourth-order valence-electron chi connectivity index (χ4n) is 1.85. The van der Waals surface area contributed by atoms with Gasteiger partial charge in [0.1, 0.15) is 6.29 Å². The molecular weight excluding hydrogens is 162 g/mol. The van der Waals surface area contributed by atoms with E-state index in [4.69, 9.17) is 0 Å². The van der Waals surface area contributed by atoms with Crippen LogP contribution in [0, 0.1) is 5.92 Å². The van der Waals surface area contributed by atoms with Crippen molar-refractivity contribution < 1.29 is 4.79 Å². The molecule has 0 aromatic carbocycles. The van der Waals surface area contributed by atoms with Gasteiger partial charge in [0.05, 0.1) is 0 Å². The second-order valence-electron chi connectivity index (χ2n) is 4.04. The minimum Gasteiger partial charge on any atom is -0.301 e. The number of hydrogen-bond acceptors (Lipinski definition) is 2. The Bertz CT molecular complexity index is 187. The van der Waals surface area contributed by atoms with Gasteiger partial charge in [-0.15, -0.1) is 0 Å². The summed E-state index contributed by atoms with van der Waals surface area (Å²) >= 11 is 0. The molecular formula is C11H19NO. The molecule has 0 amide bonds. The van der Waals surface area contributed by atoms with E-state index < -0.39 is 0 Å². The van der Waals surface area contributed by atoms with Gasteiger partial charge in [0.15, 0.2) is 0 Å². The van der Waals surface area contributed by atoms with Crippen LogP contribution >= 0.6 is 0 Å². The Kier molecular flexibility index (Phi) is 4.16. The zero-order valence-electron chi connectivity index (χ0n) is 8.57. The Morgan fingerprint density at radius 3 is 2.85 bits per heavy atom. The lowest BCUT2D eigenvalue weighted by Gasteiger charge is -2.19. The first kappa shape index (κ1) is 10.5. The van der Waals surface area contributed by atoms with E-state index in [1.54, 1.807) is 6.08 Å². The van der Waals surface area contributed by atoms with Gasteiger partial charge in [-0.1, -0.05) is 6.08 Å². The van der Waals surface area contributed by atoms with Crippen LogP contribution in [-0.4, -0.2) is 30.3 Å². The Labute approximate surface area is 80.6 Å². The van der Waals surface area contributed by atoms with Gasteiger partial charge in [0.25, 0.3) is 0 Å². The Morgan fingerprint density at radius 2 is 2.31 bits per heavy atom. The smallest absolute Gasteiger partial charge is 0.142 e. The number of rotatable bonds is 4. The highest BCUT2D eigenvalue weighted by Gasteiger charge is 2.22. The van der Waals surface area contributed by atoms with Crippen LogP contribution in [0.2, 0.25) is 0 Å². The molecule has 0 aliphatic carbocycles. The van der Waals surface area contributed by atoms with Gasteiger partial charge in [-0.3, -0.25) is 4.79 Å². The van der Waals surface area contributed by atoms with Crippen molar-refractivity contribution in [1.82, 2.24) is 4.90 Å². The molecule has 1 rings (SSSR count). The number of carbonyl (C=O) groups is 1. The summed E-state index contributed by atoms with van der Waals surface area (Å²) in [6.45, 7) is 6.89. The third kappa shape index (κ3) is 3.31. The summed E-state index contributed by atoms with van der Waals surface area (Å²) in [5, 5.41) is 0. The maximum absolute atomic E-state index is 10.1. The minimum absolute atomic E-state index is 0.667. The fourth-order valence-corrected chi connectivity index (χ4v) is 1.85. The topological polar surface area (TPSA) is 20.3 Å². The minimum atomic E-state index is 0.667. The molecule has 13 heavy (non-hydrogen) atoms. The molecule has 0 spiro atoms. The van der Waals surface area contributed by atoms with Crippen LogP contribution in [0.1, 0.15) is 26.7 Å². The largest absolute Gasteiger partial charge is 0.301 e. The molecule has 1 fully saturated rings. The quantitative estimate of drug-likeness (QED) is 0.487. The van der Waals surface area contributed by atoms with Gasteiger partial charge in [-0.2, -0.15) is 0 Å². The summed E-state index contributed by atoms with van der Waals surface area (Å²) in [5.41, 5.74) is 0. The Morgan fingerprint density at radius 1 is 1.54 bits per heavy atom. The molecule has 0 aromatic heterocycles. The van der Waals surface area contributed by atoms with E-state index in [0.29, 0.717) is 6.04 Å². The molecule has 1 saturated heterocycles. The van der Waals surface area contributed by atoms with Crippen LogP contribution < -0.4 is 0 Å². The van der Waals surface area contributed by atoms with E-state index in [0.717, 1.165) is 18.6 Å². The van der Waals surface area contributed by atoms with Crippen molar-refractivity contribution in [3.05, 3.63) is 12.2 Å². The van der Waals surface area contributed by atoms with Crippen LogP contribution in [0.3, 0.4) is 0 Å². The predicted octanol–water partition coefficient (Wildman–Crippen LogP) is 1.86. The number of allylic oxidation sites excluding steroid dienone is 2. The molecule has 0 N–H and O–H groups in total. The van der Waals surface area contributed by atoms with Gasteiger partial charge in [-0.05, 0) is 45.2 Å². The van der Waals surface area contributed by atoms with Crippen molar-refractivity contribution >= 4 is 6.29 Å². The van der Waals surface area contributed by atoms with Crippen LogP contribution in [0.15, 0.2) is 12.2 Å².